The third-order valence-electron chi connectivity index (χ3n) is 1.58. The standard InChI is InChI=1S/C9H5FN2O3S/c10-5-3-11-9(12-4-5)16-7-2-1-6(15-7)8(13)14/h1-4H,(H,13,14). The molecule has 0 fully saturated rings. The molecule has 0 amide bonds. The largest absolute Gasteiger partial charge is 0.475 e. The van der Waals surface area contributed by atoms with E-state index in [1.807, 2.05) is 0 Å². The number of hydrogen-bond acceptors (Lipinski definition) is 5. The van der Waals surface area contributed by atoms with Gasteiger partial charge in [0, 0.05) is 0 Å². The smallest absolute Gasteiger partial charge is 0.371 e. The van der Waals surface area contributed by atoms with Crippen molar-refractivity contribution in [3.8, 4) is 0 Å². The molecule has 5 nitrogen and oxygen atoms in total. The van der Waals surface area contributed by atoms with Crippen LogP contribution < -0.4 is 0 Å². The van der Waals surface area contributed by atoms with Gasteiger partial charge in [-0.25, -0.2) is 19.2 Å². The van der Waals surface area contributed by atoms with E-state index >= 15 is 0 Å². The van der Waals surface area contributed by atoms with Gasteiger partial charge in [-0.3, -0.25) is 0 Å². The van der Waals surface area contributed by atoms with E-state index in [1.54, 1.807) is 0 Å². The minimum atomic E-state index is -1.15. The Morgan fingerprint density at radius 3 is 2.62 bits per heavy atom. The Bertz CT molecular complexity index is 512. The number of furan rings is 1. The number of hydrogen-bond donors (Lipinski definition) is 1. The third kappa shape index (κ3) is 2.37. The van der Waals surface area contributed by atoms with E-state index in [2.05, 4.69) is 9.97 Å². The lowest BCUT2D eigenvalue weighted by Gasteiger charge is -1.94. The van der Waals surface area contributed by atoms with Crippen LogP contribution in [-0.2, 0) is 0 Å². The topological polar surface area (TPSA) is 76.2 Å². The highest BCUT2D eigenvalue weighted by Crippen LogP contribution is 2.26. The SMILES string of the molecule is O=C(O)c1ccc(Sc2ncc(F)cn2)o1. The molecule has 0 unspecified atom stereocenters. The molecular formula is C9H5FN2O3S. The molecule has 0 aliphatic carbocycles. The fourth-order valence-electron chi connectivity index (χ4n) is 0.933. The quantitative estimate of drug-likeness (QED) is 0.827. The Labute approximate surface area is 93.3 Å². The Hall–Kier alpha value is -1.89. The zero-order valence-corrected chi connectivity index (χ0v) is 8.57. The first kappa shape index (κ1) is 10.6. The molecule has 0 bridgehead atoms. The highest BCUT2D eigenvalue weighted by atomic mass is 32.2. The number of nitrogens with zero attached hydrogens (tertiary/aromatic N) is 2. The summed E-state index contributed by atoms with van der Waals surface area (Å²) in [4.78, 5) is 17.9. The van der Waals surface area contributed by atoms with Gasteiger partial charge in [-0.2, -0.15) is 0 Å². The first-order valence-electron chi connectivity index (χ1n) is 4.13. The highest BCUT2D eigenvalue weighted by molar-refractivity contribution is 7.99. The van der Waals surface area contributed by atoms with Gasteiger partial charge in [0.25, 0.3) is 0 Å². The molecule has 16 heavy (non-hydrogen) atoms. The maximum absolute atomic E-state index is 12.5. The Morgan fingerprint density at radius 1 is 1.38 bits per heavy atom. The molecule has 0 atom stereocenters. The second-order valence-corrected chi connectivity index (χ2v) is 3.68. The maximum Gasteiger partial charge on any atom is 0.371 e. The van der Waals surface area contributed by atoms with E-state index in [1.165, 1.54) is 12.1 Å². The second-order valence-electron chi connectivity index (χ2n) is 2.71. The van der Waals surface area contributed by atoms with Gasteiger partial charge in [-0.05, 0) is 23.9 Å². The second kappa shape index (κ2) is 4.31. The van der Waals surface area contributed by atoms with Crippen LogP contribution in [0.1, 0.15) is 10.6 Å². The van der Waals surface area contributed by atoms with Gasteiger partial charge in [0.15, 0.2) is 16.1 Å². The van der Waals surface area contributed by atoms with Crippen molar-refractivity contribution in [2.75, 3.05) is 0 Å². The molecule has 2 heterocycles. The molecule has 0 aliphatic rings. The Kier molecular flexibility index (Phi) is 2.86. The molecule has 7 heteroatoms. The summed E-state index contributed by atoms with van der Waals surface area (Å²) in [7, 11) is 0. The van der Waals surface area contributed by atoms with Crippen LogP contribution in [0.15, 0.2) is 39.2 Å². The molecule has 2 aromatic rings. The summed E-state index contributed by atoms with van der Waals surface area (Å²) in [5.41, 5.74) is 0. The van der Waals surface area contributed by atoms with E-state index in [-0.39, 0.29) is 10.9 Å². The van der Waals surface area contributed by atoms with Crippen LogP contribution in [0.2, 0.25) is 0 Å². The summed E-state index contributed by atoms with van der Waals surface area (Å²) in [5, 5.41) is 9.24. The van der Waals surface area contributed by atoms with E-state index in [9.17, 15) is 9.18 Å². The van der Waals surface area contributed by atoms with Crippen molar-refractivity contribution >= 4 is 17.7 Å². The van der Waals surface area contributed by atoms with E-state index in [4.69, 9.17) is 9.52 Å². The van der Waals surface area contributed by atoms with Gasteiger partial charge in [0.2, 0.25) is 5.76 Å². The molecule has 2 rings (SSSR count). The Morgan fingerprint density at radius 2 is 2.06 bits per heavy atom. The lowest BCUT2D eigenvalue weighted by molar-refractivity contribution is 0.0656. The number of carboxylic acid groups (broad SMARTS) is 1. The van der Waals surface area contributed by atoms with Gasteiger partial charge >= 0.3 is 5.97 Å². The normalized spacial score (nSPS) is 10.3. The average molecular weight is 240 g/mol. The van der Waals surface area contributed by atoms with Crippen molar-refractivity contribution in [3.05, 3.63) is 36.1 Å². The van der Waals surface area contributed by atoms with Gasteiger partial charge < -0.3 is 9.52 Å². The predicted octanol–water partition coefficient (Wildman–Crippen LogP) is 2.06. The summed E-state index contributed by atoms with van der Waals surface area (Å²) in [6.07, 6.45) is 2.05. The average Bonchev–Trinajstić information content (AvgIpc) is 2.70. The van der Waals surface area contributed by atoms with Gasteiger partial charge in [-0.15, -0.1) is 0 Å². The van der Waals surface area contributed by atoms with E-state index < -0.39 is 11.8 Å². The van der Waals surface area contributed by atoms with Gasteiger partial charge in [-0.1, -0.05) is 0 Å². The molecule has 82 valence electrons. The number of aromatic nitrogens is 2. The third-order valence-corrected chi connectivity index (χ3v) is 2.39. The van der Waals surface area contributed by atoms with Crippen molar-refractivity contribution in [1.82, 2.24) is 9.97 Å². The zero-order valence-electron chi connectivity index (χ0n) is 7.75. The first-order chi connectivity index (χ1) is 7.65. The van der Waals surface area contributed by atoms with Crippen molar-refractivity contribution in [2.45, 2.75) is 10.2 Å². The van der Waals surface area contributed by atoms with Crippen LogP contribution in [0.3, 0.4) is 0 Å². The molecule has 0 saturated heterocycles. The van der Waals surface area contributed by atoms with Crippen LogP contribution >= 0.6 is 11.8 Å². The van der Waals surface area contributed by atoms with E-state index in [0.29, 0.717) is 5.09 Å². The minimum absolute atomic E-state index is 0.162. The van der Waals surface area contributed by atoms with Gasteiger partial charge in [0.1, 0.15) is 0 Å². The zero-order chi connectivity index (χ0) is 11.5. The van der Waals surface area contributed by atoms with Crippen LogP contribution in [0, 0.1) is 5.82 Å². The van der Waals surface area contributed by atoms with E-state index in [0.717, 1.165) is 24.2 Å². The molecule has 0 radical (unpaired) electrons. The van der Waals surface area contributed by atoms with Crippen molar-refractivity contribution in [1.29, 1.82) is 0 Å². The monoisotopic (exact) mass is 240 g/mol. The number of halogens is 1. The fourth-order valence-corrected chi connectivity index (χ4v) is 1.59. The Balaban J connectivity index is 2.14. The molecule has 0 spiro atoms. The summed E-state index contributed by atoms with van der Waals surface area (Å²) in [6.45, 7) is 0. The number of rotatable bonds is 3. The predicted molar refractivity (Wildman–Crippen MR) is 51.8 cm³/mol. The number of carboxylic acids is 1. The van der Waals surface area contributed by atoms with Crippen LogP contribution in [0.25, 0.3) is 0 Å². The first-order valence-corrected chi connectivity index (χ1v) is 4.95. The summed E-state index contributed by atoms with van der Waals surface area (Å²) >= 11 is 1.02. The summed E-state index contributed by atoms with van der Waals surface area (Å²) in [6, 6.07) is 2.81. The fraction of sp³-hybridized carbons (Fsp3) is 0. The summed E-state index contributed by atoms with van der Waals surface area (Å²) < 4.78 is 17.5. The number of carbonyl (C=O) groups is 1. The number of aromatic carboxylic acids is 1. The molecule has 0 aromatic carbocycles. The maximum atomic E-state index is 12.5. The lowest BCUT2D eigenvalue weighted by Crippen LogP contribution is -1.91. The van der Waals surface area contributed by atoms with Crippen LogP contribution in [0.5, 0.6) is 0 Å². The van der Waals surface area contributed by atoms with Gasteiger partial charge in [0.05, 0.1) is 12.4 Å². The lowest BCUT2D eigenvalue weighted by atomic mass is 10.5. The highest BCUT2D eigenvalue weighted by Gasteiger charge is 2.10. The molecular weight excluding hydrogens is 235 g/mol. The molecule has 0 saturated carbocycles. The minimum Gasteiger partial charge on any atom is -0.475 e. The van der Waals surface area contributed by atoms with Crippen LogP contribution in [0.4, 0.5) is 4.39 Å². The molecule has 0 aliphatic heterocycles. The van der Waals surface area contributed by atoms with Crippen LogP contribution in [-0.4, -0.2) is 21.0 Å². The van der Waals surface area contributed by atoms with Crippen molar-refractivity contribution < 1.29 is 18.7 Å². The van der Waals surface area contributed by atoms with Crippen molar-refractivity contribution in [3.63, 3.8) is 0 Å². The summed E-state index contributed by atoms with van der Waals surface area (Å²) in [5.74, 6) is -1.84. The van der Waals surface area contributed by atoms with Crippen molar-refractivity contribution in [2.24, 2.45) is 0 Å². The molecule has 2 aromatic heterocycles. The molecule has 1 N–H and O–H groups in total.